The van der Waals surface area contributed by atoms with Crippen molar-refractivity contribution in [3.8, 4) is 0 Å². The fourth-order valence-electron chi connectivity index (χ4n) is 3.44. The summed E-state index contributed by atoms with van der Waals surface area (Å²) in [7, 11) is -0.330. The van der Waals surface area contributed by atoms with E-state index in [9.17, 15) is 0 Å². The smallest absolute Gasteiger partial charge is 0.399 e. The van der Waals surface area contributed by atoms with Crippen molar-refractivity contribution < 1.29 is 28.3 Å². The first kappa shape index (κ1) is 24.6. The first-order valence-corrected chi connectivity index (χ1v) is 11.4. The van der Waals surface area contributed by atoms with Crippen LogP contribution in [0.15, 0.2) is 24.3 Å². The van der Waals surface area contributed by atoms with E-state index in [1.807, 2.05) is 0 Å². The molecule has 8 heteroatoms. The Morgan fingerprint density at radius 1 is 0.677 bits per heavy atom. The Balaban J connectivity index is 1.53. The van der Waals surface area contributed by atoms with Crippen molar-refractivity contribution in [2.75, 3.05) is 65.9 Å². The lowest BCUT2D eigenvalue weighted by Crippen LogP contribution is -2.41. The Bertz CT molecular complexity index is 622. The molecule has 174 valence electrons. The van der Waals surface area contributed by atoms with E-state index >= 15 is 0 Å². The van der Waals surface area contributed by atoms with Gasteiger partial charge in [-0.1, -0.05) is 24.3 Å². The lowest BCUT2D eigenvalue weighted by molar-refractivity contribution is 0.00206. The monoisotopic (exact) mass is 435 g/mol. The molecule has 2 saturated heterocycles. The van der Waals surface area contributed by atoms with Gasteiger partial charge < -0.3 is 28.3 Å². The van der Waals surface area contributed by atoms with Crippen LogP contribution in [-0.2, 0) is 34.8 Å². The number of rotatable bonds is 3. The molecular weight excluding hydrogens is 397 g/mol. The number of nitrogens with zero attached hydrogens (tertiary/aromatic N) is 1. The van der Waals surface area contributed by atoms with E-state index < -0.39 is 0 Å². The molecule has 0 spiro atoms. The second kappa shape index (κ2) is 11.7. The predicted octanol–water partition coefficient (Wildman–Crippen LogP) is 1.87. The van der Waals surface area contributed by atoms with Crippen LogP contribution in [0.4, 0.5) is 0 Å². The van der Waals surface area contributed by atoms with Gasteiger partial charge in [-0.2, -0.15) is 0 Å². The van der Waals surface area contributed by atoms with Gasteiger partial charge in [0.25, 0.3) is 0 Å². The zero-order chi connectivity index (χ0) is 22.2. The van der Waals surface area contributed by atoms with Crippen molar-refractivity contribution in [2.24, 2.45) is 0 Å². The topological polar surface area (TPSA) is 58.6 Å². The summed E-state index contributed by atoms with van der Waals surface area (Å²) in [6.45, 7) is 15.8. The average molecular weight is 435 g/mol. The standard InChI is InChI=1S/C23H38BNO6/c1-22(2)23(3,4)31-24(30-22)21-7-5-20(6-8-21)19-25-9-11-26-13-15-28-17-18-29-16-14-27-12-10-25/h5-8H,9-19H2,1-4H3. The summed E-state index contributed by atoms with van der Waals surface area (Å²) >= 11 is 0. The number of ether oxygens (including phenoxy) is 4. The lowest BCUT2D eigenvalue weighted by atomic mass is 9.79. The Morgan fingerprint density at radius 2 is 1.10 bits per heavy atom. The zero-order valence-electron chi connectivity index (χ0n) is 19.6. The molecule has 0 radical (unpaired) electrons. The van der Waals surface area contributed by atoms with Crippen LogP contribution < -0.4 is 5.46 Å². The second-order valence-corrected chi connectivity index (χ2v) is 9.06. The van der Waals surface area contributed by atoms with Crippen LogP contribution in [0.2, 0.25) is 0 Å². The highest BCUT2D eigenvalue weighted by Gasteiger charge is 2.51. The summed E-state index contributed by atoms with van der Waals surface area (Å²) in [6.07, 6.45) is 0. The Hall–Kier alpha value is -0.995. The highest BCUT2D eigenvalue weighted by atomic mass is 16.7. The SMILES string of the molecule is CC1(C)OB(c2ccc(CN3CCOCCOCCOCCOCC3)cc2)OC1(C)C. The highest BCUT2D eigenvalue weighted by Crippen LogP contribution is 2.36. The van der Waals surface area contributed by atoms with E-state index in [4.69, 9.17) is 28.3 Å². The fraction of sp³-hybridized carbons (Fsp3) is 0.739. The molecule has 0 aliphatic carbocycles. The first-order valence-electron chi connectivity index (χ1n) is 11.4. The van der Waals surface area contributed by atoms with Crippen molar-refractivity contribution in [1.29, 1.82) is 0 Å². The molecule has 0 saturated carbocycles. The van der Waals surface area contributed by atoms with E-state index in [0.29, 0.717) is 52.9 Å². The number of hydrogen-bond acceptors (Lipinski definition) is 7. The van der Waals surface area contributed by atoms with Gasteiger partial charge in [0.05, 0.1) is 64.1 Å². The van der Waals surface area contributed by atoms with Crippen LogP contribution >= 0.6 is 0 Å². The van der Waals surface area contributed by atoms with Crippen molar-refractivity contribution in [3.05, 3.63) is 29.8 Å². The normalized spacial score (nSPS) is 24.5. The van der Waals surface area contributed by atoms with Gasteiger partial charge in [-0.25, -0.2) is 0 Å². The third-order valence-electron chi connectivity index (χ3n) is 6.13. The second-order valence-electron chi connectivity index (χ2n) is 9.06. The molecule has 0 bridgehead atoms. The summed E-state index contributed by atoms with van der Waals surface area (Å²) in [6, 6.07) is 8.51. The number of hydrogen-bond donors (Lipinski definition) is 0. The molecule has 2 aliphatic heterocycles. The van der Waals surface area contributed by atoms with Crippen molar-refractivity contribution in [1.82, 2.24) is 4.90 Å². The molecule has 2 heterocycles. The lowest BCUT2D eigenvalue weighted by Gasteiger charge is -2.32. The molecule has 2 aliphatic rings. The largest absolute Gasteiger partial charge is 0.494 e. The Morgan fingerprint density at radius 3 is 1.55 bits per heavy atom. The van der Waals surface area contributed by atoms with Gasteiger partial charge in [0.15, 0.2) is 0 Å². The van der Waals surface area contributed by atoms with Crippen molar-refractivity contribution >= 4 is 12.6 Å². The van der Waals surface area contributed by atoms with E-state index in [1.54, 1.807) is 0 Å². The molecule has 1 aromatic carbocycles. The summed E-state index contributed by atoms with van der Waals surface area (Å²) in [5.41, 5.74) is 1.63. The average Bonchev–Trinajstić information content (AvgIpc) is 2.94. The maximum Gasteiger partial charge on any atom is 0.494 e. The number of benzene rings is 1. The molecule has 0 unspecified atom stereocenters. The molecule has 7 nitrogen and oxygen atoms in total. The van der Waals surface area contributed by atoms with Gasteiger partial charge in [0.1, 0.15) is 0 Å². The van der Waals surface area contributed by atoms with E-state index in [1.165, 1.54) is 5.56 Å². The minimum absolute atomic E-state index is 0.330. The Labute approximate surface area is 187 Å². The van der Waals surface area contributed by atoms with Gasteiger partial charge in [0, 0.05) is 19.6 Å². The van der Waals surface area contributed by atoms with Crippen LogP contribution in [0.3, 0.4) is 0 Å². The van der Waals surface area contributed by atoms with E-state index in [0.717, 1.165) is 25.1 Å². The van der Waals surface area contributed by atoms with E-state index in [2.05, 4.69) is 56.9 Å². The van der Waals surface area contributed by atoms with Gasteiger partial charge >= 0.3 is 7.12 Å². The Kier molecular flexibility index (Phi) is 9.34. The fourth-order valence-corrected chi connectivity index (χ4v) is 3.44. The molecule has 2 fully saturated rings. The minimum atomic E-state index is -0.331. The van der Waals surface area contributed by atoms with Gasteiger partial charge in [-0.15, -0.1) is 0 Å². The summed E-state index contributed by atoms with van der Waals surface area (Å²) < 4.78 is 34.7. The predicted molar refractivity (Wildman–Crippen MR) is 121 cm³/mol. The van der Waals surface area contributed by atoms with E-state index in [-0.39, 0.29) is 18.3 Å². The third-order valence-corrected chi connectivity index (χ3v) is 6.13. The molecule has 0 amide bonds. The minimum Gasteiger partial charge on any atom is -0.399 e. The molecular formula is C23H38BNO6. The first-order chi connectivity index (χ1) is 14.9. The van der Waals surface area contributed by atoms with Crippen LogP contribution in [0.25, 0.3) is 0 Å². The van der Waals surface area contributed by atoms with Gasteiger partial charge in [-0.05, 0) is 38.7 Å². The highest BCUT2D eigenvalue weighted by molar-refractivity contribution is 6.62. The molecule has 31 heavy (non-hydrogen) atoms. The quantitative estimate of drug-likeness (QED) is 0.672. The maximum absolute atomic E-state index is 6.16. The van der Waals surface area contributed by atoms with Crippen LogP contribution in [0.5, 0.6) is 0 Å². The summed E-state index contributed by atoms with van der Waals surface area (Å²) in [5, 5.41) is 0. The summed E-state index contributed by atoms with van der Waals surface area (Å²) in [5.74, 6) is 0. The zero-order valence-corrected chi connectivity index (χ0v) is 19.6. The molecule has 0 atom stereocenters. The molecule has 1 aromatic rings. The molecule has 3 rings (SSSR count). The molecule has 0 aromatic heterocycles. The van der Waals surface area contributed by atoms with Crippen LogP contribution in [-0.4, -0.2) is 89.2 Å². The van der Waals surface area contributed by atoms with Crippen LogP contribution in [0, 0.1) is 0 Å². The third kappa shape index (κ3) is 7.53. The van der Waals surface area contributed by atoms with Crippen molar-refractivity contribution in [2.45, 2.75) is 45.4 Å². The van der Waals surface area contributed by atoms with Crippen LogP contribution in [0.1, 0.15) is 33.3 Å². The van der Waals surface area contributed by atoms with Crippen molar-refractivity contribution in [3.63, 3.8) is 0 Å². The molecule has 0 N–H and O–H groups in total. The maximum atomic E-state index is 6.16. The summed E-state index contributed by atoms with van der Waals surface area (Å²) in [4.78, 5) is 2.35. The van der Waals surface area contributed by atoms with Gasteiger partial charge in [-0.3, -0.25) is 4.90 Å². The van der Waals surface area contributed by atoms with Gasteiger partial charge in [0.2, 0.25) is 0 Å².